The first kappa shape index (κ1) is 12.7. The Morgan fingerprint density at radius 1 is 1.75 bits per heavy atom. The Bertz CT molecular complexity index is 313. The second-order valence-electron chi connectivity index (χ2n) is 3.47. The minimum Gasteiger partial charge on any atom is -0.468 e. The Kier molecular flexibility index (Phi) is 4.97. The van der Waals surface area contributed by atoms with Gasteiger partial charge >= 0.3 is 0 Å². The van der Waals surface area contributed by atoms with Crippen molar-refractivity contribution in [1.29, 1.82) is 0 Å². The zero-order valence-corrected chi connectivity index (χ0v) is 9.47. The molecule has 1 amide bonds. The van der Waals surface area contributed by atoms with Gasteiger partial charge in [0, 0.05) is 7.11 Å². The topological polar surface area (TPSA) is 80.7 Å². The van der Waals surface area contributed by atoms with Crippen LogP contribution in [0.2, 0.25) is 0 Å². The molecule has 1 aromatic heterocycles. The molecule has 1 atom stereocenters. The first-order valence-corrected chi connectivity index (χ1v) is 4.91. The number of likely N-dealkylation sites (N-methyl/N-ethyl adjacent to an activating group) is 1. The highest BCUT2D eigenvalue weighted by Crippen LogP contribution is 2.07. The number of nitrogens with zero attached hydrogens (tertiary/aromatic N) is 1. The molecule has 0 saturated heterocycles. The van der Waals surface area contributed by atoms with Crippen LogP contribution in [0.5, 0.6) is 0 Å². The highest BCUT2D eigenvalue weighted by Gasteiger charge is 2.22. The molecule has 16 heavy (non-hydrogen) atoms. The van der Waals surface area contributed by atoms with E-state index in [2.05, 4.69) is 5.43 Å². The zero-order chi connectivity index (χ0) is 12.0. The van der Waals surface area contributed by atoms with Crippen molar-refractivity contribution in [1.82, 2.24) is 10.3 Å². The number of ether oxygens (including phenoxy) is 1. The summed E-state index contributed by atoms with van der Waals surface area (Å²) in [6.07, 6.45) is 1.59. The Balaban J connectivity index is 2.59. The number of amides is 1. The van der Waals surface area contributed by atoms with Gasteiger partial charge in [0.05, 0.1) is 19.4 Å². The predicted octanol–water partition coefficient (Wildman–Crippen LogP) is -0.284. The molecule has 0 bridgehead atoms. The van der Waals surface area contributed by atoms with Gasteiger partial charge in [-0.15, -0.1) is 0 Å². The third kappa shape index (κ3) is 3.34. The van der Waals surface area contributed by atoms with Gasteiger partial charge < -0.3 is 9.15 Å². The number of hydrogen-bond acceptors (Lipinski definition) is 5. The van der Waals surface area contributed by atoms with Crippen LogP contribution in [0, 0.1) is 0 Å². The molecule has 90 valence electrons. The Hall–Kier alpha value is -1.37. The van der Waals surface area contributed by atoms with Crippen molar-refractivity contribution in [3.63, 3.8) is 0 Å². The lowest BCUT2D eigenvalue weighted by atomic mass is 10.2. The van der Waals surface area contributed by atoms with Crippen molar-refractivity contribution >= 4 is 5.91 Å². The first-order chi connectivity index (χ1) is 7.69. The lowest BCUT2D eigenvalue weighted by Crippen LogP contribution is -2.49. The maximum absolute atomic E-state index is 11.5. The normalized spacial score (nSPS) is 12.8. The Morgan fingerprint density at radius 3 is 3.00 bits per heavy atom. The van der Waals surface area contributed by atoms with E-state index in [0.717, 1.165) is 5.76 Å². The van der Waals surface area contributed by atoms with E-state index in [4.69, 9.17) is 15.0 Å². The number of nitrogens with one attached hydrogen (secondary N) is 1. The highest BCUT2D eigenvalue weighted by atomic mass is 16.5. The number of carbonyl (C=O) groups excluding carboxylic acids is 1. The predicted molar refractivity (Wildman–Crippen MR) is 58.2 cm³/mol. The van der Waals surface area contributed by atoms with Crippen LogP contribution in [0.1, 0.15) is 5.76 Å². The molecule has 1 unspecified atom stereocenters. The van der Waals surface area contributed by atoms with Crippen LogP contribution >= 0.6 is 0 Å². The highest BCUT2D eigenvalue weighted by molar-refractivity contribution is 5.81. The molecule has 0 aromatic carbocycles. The summed E-state index contributed by atoms with van der Waals surface area (Å²) < 4.78 is 10.2. The molecule has 0 aliphatic heterocycles. The van der Waals surface area contributed by atoms with Crippen LogP contribution < -0.4 is 11.3 Å². The van der Waals surface area contributed by atoms with E-state index in [0.29, 0.717) is 6.54 Å². The van der Waals surface area contributed by atoms with Crippen LogP contribution in [0.25, 0.3) is 0 Å². The summed E-state index contributed by atoms with van der Waals surface area (Å²) in [7, 11) is 3.35. The largest absolute Gasteiger partial charge is 0.468 e. The molecule has 3 N–H and O–H groups in total. The third-order valence-electron chi connectivity index (χ3n) is 2.29. The first-order valence-electron chi connectivity index (χ1n) is 4.91. The summed E-state index contributed by atoms with van der Waals surface area (Å²) in [4.78, 5) is 13.3. The fourth-order valence-corrected chi connectivity index (χ4v) is 1.42. The average Bonchev–Trinajstić information content (AvgIpc) is 2.77. The molecule has 0 aliphatic rings. The van der Waals surface area contributed by atoms with Crippen molar-refractivity contribution in [2.24, 2.45) is 5.84 Å². The number of rotatable bonds is 6. The Labute approximate surface area is 94.3 Å². The molecule has 6 nitrogen and oxygen atoms in total. The Morgan fingerprint density at radius 2 is 2.50 bits per heavy atom. The molecule has 0 aliphatic carbocycles. The lowest BCUT2D eigenvalue weighted by molar-refractivity contribution is -0.128. The standard InChI is InChI=1S/C10H17N3O3/c1-13(6-8-4-3-5-16-8)9(7-15-2)10(14)12-11/h3-5,9H,6-7,11H2,1-2H3,(H,12,14). The minimum absolute atomic E-state index is 0.278. The van der Waals surface area contributed by atoms with Gasteiger partial charge in [-0.05, 0) is 19.2 Å². The molecule has 0 spiro atoms. The molecule has 6 heteroatoms. The molecule has 1 heterocycles. The van der Waals surface area contributed by atoms with Gasteiger partial charge in [-0.2, -0.15) is 0 Å². The monoisotopic (exact) mass is 227 g/mol. The van der Waals surface area contributed by atoms with E-state index >= 15 is 0 Å². The molecule has 0 saturated carbocycles. The van der Waals surface area contributed by atoms with Gasteiger partial charge in [0.15, 0.2) is 0 Å². The lowest BCUT2D eigenvalue weighted by Gasteiger charge is -2.24. The number of hydrazine groups is 1. The summed E-state index contributed by atoms with van der Waals surface area (Å²) in [5.41, 5.74) is 2.12. The quantitative estimate of drug-likeness (QED) is 0.397. The van der Waals surface area contributed by atoms with Crippen LogP contribution in [0.4, 0.5) is 0 Å². The minimum atomic E-state index is -0.430. The molecular weight excluding hydrogens is 210 g/mol. The molecule has 1 rings (SSSR count). The zero-order valence-electron chi connectivity index (χ0n) is 9.47. The second-order valence-corrected chi connectivity index (χ2v) is 3.47. The summed E-state index contributed by atoms with van der Waals surface area (Å²) in [5.74, 6) is 5.61. The maximum Gasteiger partial charge on any atom is 0.253 e. The number of hydrogen-bond donors (Lipinski definition) is 2. The van der Waals surface area contributed by atoms with E-state index in [1.165, 1.54) is 7.11 Å². The molecular formula is C10H17N3O3. The van der Waals surface area contributed by atoms with Gasteiger partial charge in [0.1, 0.15) is 11.8 Å². The SMILES string of the molecule is COCC(C(=O)NN)N(C)Cc1ccco1. The maximum atomic E-state index is 11.5. The van der Waals surface area contributed by atoms with E-state index in [9.17, 15) is 4.79 Å². The van der Waals surface area contributed by atoms with Crippen molar-refractivity contribution < 1.29 is 13.9 Å². The number of methoxy groups -OCH3 is 1. The summed E-state index contributed by atoms with van der Waals surface area (Å²) >= 11 is 0. The average molecular weight is 227 g/mol. The van der Waals surface area contributed by atoms with E-state index in [1.54, 1.807) is 19.4 Å². The van der Waals surface area contributed by atoms with Crippen LogP contribution in [0.3, 0.4) is 0 Å². The van der Waals surface area contributed by atoms with Gasteiger partial charge in [-0.25, -0.2) is 5.84 Å². The van der Waals surface area contributed by atoms with Gasteiger partial charge in [-0.1, -0.05) is 0 Å². The summed E-state index contributed by atoms with van der Waals surface area (Å²) in [6, 6.07) is 3.22. The van der Waals surface area contributed by atoms with Crippen LogP contribution in [-0.4, -0.2) is 37.6 Å². The second kappa shape index (κ2) is 6.26. The molecule has 0 fully saturated rings. The third-order valence-corrected chi connectivity index (χ3v) is 2.29. The van der Waals surface area contributed by atoms with Crippen LogP contribution in [0.15, 0.2) is 22.8 Å². The van der Waals surface area contributed by atoms with Gasteiger partial charge in [-0.3, -0.25) is 15.1 Å². The summed E-state index contributed by atoms with van der Waals surface area (Å²) in [5, 5.41) is 0. The van der Waals surface area contributed by atoms with Crippen LogP contribution in [-0.2, 0) is 16.1 Å². The smallest absolute Gasteiger partial charge is 0.253 e. The molecule has 0 radical (unpaired) electrons. The van der Waals surface area contributed by atoms with E-state index < -0.39 is 6.04 Å². The van der Waals surface area contributed by atoms with Crippen molar-refractivity contribution in [2.45, 2.75) is 12.6 Å². The van der Waals surface area contributed by atoms with Gasteiger partial charge in [0.25, 0.3) is 5.91 Å². The van der Waals surface area contributed by atoms with E-state index in [1.807, 2.05) is 11.0 Å². The van der Waals surface area contributed by atoms with Gasteiger partial charge in [0.2, 0.25) is 0 Å². The van der Waals surface area contributed by atoms with Crippen molar-refractivity contribution in [3.8, 4) is 0 Å². The number of furan rings is 1. The number of nitrogens with two attached hydrogens (primary N) is 1. The van der Waals surface area contributed by atoms with Crippen molar-refractivity contribution in [3.05, 3.63) is 24.2 Å². The fourth-order valence-electron chi connectivity index (χ4n) is 1.42. The van der Waals surface area contributed by atoms with E-state index in [-0.39, 0.29) is 12.5 Å². The van der Waals surface area contributed by atoms with Crippen molar-refractivity contribution in [2.75, 3.05) is 20.8 Å². The molecule has 1 aromatic rings. The number of carbonyl (C=O) groups is 1. The summed E-state index contributed by atoms with van der Waals surface area (Å²) in [6.45, 7) is 0.800. The fraction of sp³-hybridized carbons (Fsp3) is 0.500.